The standard InChI is InChI=1S/C17H18BN3O7/c1-11(22)26-10-27-17(24)13-5-2-4-12-8-14(18(25)28-16(12)13)20-15(23)9-21-7-3-6-19-21/h2-7,14,25H,8-10H2,1H3,(H,20,23)/t14-/m0/s1. The third-order valence-corrected chi connectivity index (χ3v) is 4.00. The Morgan fingerprint density at radius 3 is 2.89 bits per heavy atom. The lowest BCUT2D eigenvalue weighted by atomic mass is 9.72. The lowest BCUT2D eigenvalue weighted by molar-refractivity contribution is -0.149. The first-order valence-corrected chi connectivity index (χ1v) is 8.48. The van der Waals surface area contributed by atoms with Crippen molar-refractivity contribution < 1.29 is 33.5 Å². The molecule has 1 aromatic heterocycles. The summed E-state index contributed by atoms with van der Waals surface area (Å²) in [5.41, 5.74) is 0.710. The molecular formula is C17H18BN3O7. The van der Waals surface area contributed by atoms with E-state index in [0.717, 1.165) is 0 Å². The van der Waals surface area contributed by atoms with Gasteiger partial charge in [0.1, 0.15) is 17.9 Å². The molecule has 0 fully saturated rings. The fourth-order valence-electron chi connectivity index (χ4n) is 2.75. The highest BCUT2D eigenvalue weighted by molar-refractivity contribution is 6.47. The molecule has 1 amide bonds. The fourth-order valence-corrected chi connectivity index (χ4v) is 2.75. The minimum atomic E-state index is -1.35. The highest BCUT2D eigenvalue weighted by Crippen LogP contribution is 2.30. The van der Waals surface area contributed by atoms with Gasteiger partial charge in [0.25, 0.3) is 0 Å². The first kappa shape index (κ1) is 19.4. The zero-order valence-electron chi connectivity index (χ0n) is 15.0. The molecule has 0 bridgehead atoms. The predicted molar refractivity (Wildman–Crippen MR) is 95.0 cm³/mol. The van der Waals surface area contributed by atoms with Crippen molar-refractivity contribution in [2.24, 2.45) is 0 Å². The maximum absolute atomic E-state index is 12.2. The number of carbonyl (C=O) groups excluding carboxylic acids is 3. The number of hydrogen-bond acceptors (Lipinski definition) is 8. The van der Waals surface area contributed by atoms with Crippen LogP contribution in [0.4, 0.5) is 0 Å². The number of esters is 2. The molecule has 0 spiro atoms. The van der Waals surface area contributed by atoms with E-state index in [2.05, 4.69) is 15.2 Å². The summed E-state index contributed by atoms with van der Waals surface area (Å²) in [5, 5.41) is 16.9. The van der Waals surface area contributed by atoms with Gasteiger partial charge in [0.15, 0.2) is 0 Å². The number of ether oxygens (including phenoxy) is 2. The van der Waals surface area contributed by atoms with Crippen molar-refractivity contribution in [2.75, 3.05) is 6.79 Å². The van der Waals surface area contributed by atoms with Crippen LogP contribution < -0.4 is 9.97 Å². The molecule has 0 unspecified atom stereocenters. The average Bonchev–Trinajstić information content (AvgIpc) is 3.14. The number of nitrogens with one attached hydrogen (secondary N) is 1. The smallest absolute Gasteiger partial charge is 0.534 e. The Balaban J connectivity index is 1.66. The van der Waals surface area contributed by atoms with Crippen molar-refractivity contribution in [2.45, 2.75) is 25.8 Å². The minimum Gasteiger partial charge on any atom is -0.534 e. The van der Waals surface area contributed by atoms with Crippen LogP contribution in [0.25, 0.3) is 0 Å². The van der Waals surface area contributed by atoms with Gasteiger partial charge in [-0.2, -0.15) is 5.10 Å². The summed E-state index contributed by atoms with van der Waals surface area (Å²) in [6, 6.07) is 6.52. The Kier molecular flexibility index (Phi) is 5.95. The Hall–Kier alpha value is -3.34. The molecular weight excluding hydrogens is 369 g/mol. The van der Waals surface area contributed by atoms with Gasteiger partial charge < -0.3 is 24.5 Å². The fraction of sp³-hybridized carbons (Fsp3) is 0.294. The number of nitrogens with zero attached hydrogens (tertiary/aromatic N) is 2. The molecule has 1 aromatic carbocycles. The number of para-hydroxylation sites is 1. The van der Waals surface area contributed by atoms with E-state index in [4.69, 9.17) is 9.39 Å². The van der Waals surface area contributed by atoms with Crippen LogP contribution in [0.1, 0.15) is 22.8 Å². The highest BCUT2D eigenvalue weighted by atomic mass is 16.7. The van der Waals surface area contributed by atoms with Gasteiger partial charge in [-0.15, -0.1) is 0 Å². The predicted octanol–water partition coefficient (Wildman–Crippen LogP) is -0.300. The highest BCUT2D eigenvalue weighted by Gasteiger charge is 2.37. The van der Waals surface area contributed by atoms with Gasteiger partial charge in [0.05, 0.1) is 5.94 Å². The van der Waals surface area contributed by atoms with Crippen molar-refractivity contribution in [3.05, 3.63) is 47.8 Å². The second-order valence-corrected chi connectivity index (χ2v) is 6.07. The van der Waals surface area contributed by atoms with Crippen LogP contribution in [-0.2, 0) is 32.0 Å². The second kappa shape index (κ2) is 8.57. The minimum absolute atomic E-state index is 0.00555. The molecule has 3 rings (SSSR count). The van der Waals surface area contributed by atoms with Gasteiger partial charge in [-0.05, 0) is 24.1 Å². The first-order valence-electron chi connectivity index (χ1n) is 8.48. The van der Waals surface area contributed by atoms with Crippen molar-refractivity contribution in [3.8, 4) is 5.75 Å². The summed E-state index contributed by atoms with van der Waals surface area (Å²) in [5.74, 6) is -2.20. The summed E-state index contributed by atoms with van der Waals surface area (Å²) in [6.07, 6.45) is 3.47. The second-order valence-electron chi connectivity index (χ2n) is 6.07. The van der Waals surface area contributed by atoms with Crippen molar-refractivity contribution in [3.63, 3.8) is 0 Å². The zero-order chi connectivity index (χ0) is 20.1. The topological polar surface area (TPSA) is 129 Å². The quantitative estimate of drug-likeness (QED) is 0.393. The van der Waals surface area contributed by atoms with Gasteiger partial charge in [-0.25, -0.2) is 4.79 Å². The van der Waals surface area contributed by atoms with E-state index >= 15 is 0 Å². The van der Waals surface area contributed by atoms with E-state index in [9.17, 15) is 19.4 Å². The third kappa shape index (κ3) is 4.68. The number of aromatic nitrogens is 2. The van der Waals surface area contributed by atoms with E-state index in [1.165, 1.54) is 17.7 Å². The van der Waals surface area contributed by atoms with Gasteiger partial charge in [0.2, 0.25) is 12.7 Å². The zero-order valence-corrected chi connectivity index (χ0v) is 15.0. The van der Waals surface area contributed by atoms with Crippen LogP contribution in [0.5, 0.6) is 5.75 Å². The van der Waals surface area contributed by atoms with Crippen LogP contribution in [-0.4, -0.2) is 52.5 Å². The van der Waals surface area contributed by atoms with Gasteiger partial charge in [0, 0.05) is 19.3 Å². The maximum Gasteiger partial charge on any atom is 0.547 e. The molecule has 10 nitrogen and oxygen atoms in total. The molecule has 1 aliphatic rings. The number of amides is 1. The van der Waals surface area contributed by atoms with Crippen molar-refractivity contribution in [1.29, 1.82) is 0 Å². The molecule has 0 saturated carbocycles. The SMILES string of the molecule is CC(=O)OCOC(=O)c1cccc2c1OB(O)[C@@H](NC(=O)Cn1cccn1)C2. The monoisotopic (exact) mass is 387 g/mol. The molecule has 11 heteroatoms. The first-order chi connectivity index (χ1) is 13.4. The van der Waals surface area contributed by atoms with E-state index in [0.29, 0.717) is 5.56 Å². The van der Waals surface area contributed by atoms with Gasteiger partial charge in [-0.1, -0.05) is 12.1 Å². The average molecular weight is 387 g/mol. The van der Waals surface area contributed by atoms with Crippen LogP contribution in [0.3, 0.4) is 0 Å². The molecule has 1 aliphatic heterocycles. The van der Waals surface area contributed by atoms with Gasteiger partial charge in [-0.3, -0.25) is 14.3 Å². The molecule has 146 valence electrons. The Labute approximate surface area is 160 Å². The molecule has 2 N–H and O–H groups in total. The van der Waals surface area contributed by atoms with E-state index in [-0.39, 0.29) is 30.2 Å². The molecule has 0 aliphatic carbocycles. The molecule has 2 heterocycles. The molecule has 0 saturated heterocycles. The molecule has 2 aromatic rings. The Bertz CT molecular complexity index is 872. The van der Waals surface area contributed by atoms with E-state index in [1.807, 2.05) is 0 Å². The van der Waals surface area contributed by atoms with Crippen LogP contribution in [0.2, 0.25) is 0 Å². The largest absolute Gasteiger partial charge is 0.547 e. The number of hydrogen-bond donors (Lipinski definition) is 2. The summed E-state index contributed by atoms with van der Waals surface area (Å²) < 4.78 is 16.4. The maximum atomic E-state index is 12.2. The van der Waals surface area contributed by atoms with Crippen LogP contribution in [0.15, 0.2) is 36.7 Å². The number of benzene rings is 1. The van der Waals surface area contributed by atoms with Crippen molar-refractivity contribution in [1.82, 2.24) is 15.1 Å². The normalized spacial score (nSPS) is 15.2. The van der Waals surface area contributed by atoms with E-state index < -0.39 is 31.8 Å². The lowest BCUT2D eigenvalue weighted by Gasteiger charge is -2.29. The number of rotatable bonds is 6. The summed E-state index contributed by atoms with van der Waals surface area (Å²) in [6.45, 7) is 0.677. The Morgan fingerprint density at radius 1 is 1.36 bits per heavy atom. The molecule has 1 atom stereocenters. The third-order valence-electron chi connectivity index (χ3n) is 4.00. The molecule has 28 heavy (non-hydrogen) atoms. The number of fused-ring (bicyclic) bond motifs is 1. The van der Waals surface area contributed by atoms with Gasteiger partial charge >= 0.3 is 19.1 Å². The lowest BCUT2D eigenvalue weighted by Crippen LogP contribution is -2.53. The summed E-state index contributed by atoms with van der Waals surface area (Å²) >= 11 is 0. The van der Waals surface area contributed by atoms with Crippen molar-refractivity contribution >= 4 is 25.0 Å². The van der Waals surface area contributed by atoms with Crippen LogP contribution >= 0.6 is 0 Å². The number of carbonyl (C=O) groups is 3. The van der Waals surface area contributed by atoms with Crippen LogP contribution in [0, 0.1) is 0 Å². The van der Waals surface area contributed by atoms with E-state index in [1.54, 1.807) is 30.6 Å². The molecule has 0 radical (unpaired) electrons. The Morgan fingerprint density at radius 2 is 2.18 bits per heavy atom. The summed E-state index contributed by atoms with van der Waals surface area (Å²) in [7, 11) is -1.35. The summed E-state index contributed by atoms with van der Waals surface area (Å²) in [4.78, 5) is 35.1.